The molecule has 1 aliphatic heterocycles. The number of likely N-dealkylation sites (N-methyl/N-ethyl adjacent to an activating group) is 1. The van der Waals surface area contributed by atoms with Gasteiger partial charge in [-0.1, -0.05) is 48.9 Å². The summed E-state index contributed by atoms with van der Waals surface area (Å²) in [6, 6.07) is 21.7. The van der Waals surface area contributed by atoms with Crippen LogP contribution in [-0.2, 0) is 16.2 Å². The van der Waals surface area contributed by atoms with Crippen molar-refractivity contribution in [2.45, 2.75) is 32.9 Å². The van der Waals surface area contributed by atoms with Crippen molar-refractivity contribution in [1.29, 1.82) is 0 Å². The Labute approximate surface area is 230 Å². The molecule has 0 unspecified atom stereocenters. The second kappa shape index (κ2) is 12.6. The highest BCUT2D eigenvalue weighted by atomic mass is 16.5. The van der Waals surface area contributed by atoms with Gasteiger partial charge in [0.25, 0.3) is 11.7 Å². The normalized spacial score (nSPS) is 16.6. The third kappa shape index (κ3) is 6.67. The van der Waals surface area contributed by atoms with Gasteiger partial charge >= 0.3 is 0 Å². The summed E-state index contributed by atoms with van der Waals surface area (Å²) in [5.41, 5.74) is 3.48. The zero-order valence-electron chi connectivity index (χ0n) is 23.0. The Hall–Kier alpha value is -4.10. The van der Waals surface area contributed by atoms with Crippen LogP contribution >= 0.6 is 0 Å². The monoisotopic (exact) mass is 528 g/mol. The number of carbonyl (C=O) groups is 2. The molecule has 3 aromatic rings. The third-order valence-corrected chi connectivity index (χ3v) is 6.61. The molecule has 7 heteroatoms. The van der Waals surface area contributed by atoms with Crippen LogP contribution in [0, 0.1) is 6.92 Å². The highest BCUT2D eigenvalue weighted by Gasteiger charge is 2.45. The van der Waals surface area contributed by atoms with Gasteiger partial charge in [-0.25, -0.2) is 0 Å². The van der Waals surface area contributed by atoms with E-state index in [1.807, 2.05) is 75.3 Å². The molecule has 0 aliphatic carbocycles. The summed E-state index contributed by atoms with van der Waals surface area (Å²) in [4.78, 5) is 29.9. The molecule has 0 saturated carbocycles. The van der Waals surface area contributed by atoms with Crippen LogP contribution in [0.3, 0.4) is 0 Å². The molecule has 1 heterocycles. The van der Waals surface area contributed by atoms with E-state index in [0.717, 1.165) is 23.1 Å². The van der Waals surface area contributed by atoms with Crippen LogP contribution < -0.4 is 9.47 Å². The Morgan fingerprint density at radius 3 is 2.26 bits per heavy atom. The molecule has 1 saturated heterocycles. The molecule has 3 aromatic carbocycles. The Morgan fingerprint density at radius 1 is 0.949 bits per heavy atom. The third-order valence-electron chi connectivity index (χ3n) is 6.61. The smallest absolute Gasteiger partial charge is 0.295 e. The van der Waals surface area contributed by atoms with Crippen LogP contribution in [0.15, 0.2) is 78.4 Å². The summed E-state index contributed by atoms with van der Waals surface area (Å²) < 4.78 is 11.6. The van der Waals surface area contributed by atoms with Crippen molar-refractivity contribution in [2.75, 3.05) is 33.8 Å². The molecular formula is C32H36N2O5. The fourth-order valence-electron chi connectivity index (χ4n) is 4.56. The van der Waals surface area contributed by atoms with E-state index in [9.17, 15) is 14.7 Å². The van der Waals surface area contributed by atoms with Gasteiger partial charge in [0.2, 0.25) is 0 Å². The quantitative estimate of drug-likeness (QED) is 0.205. The number of carbonyl (C=O) groups excluding carboxylic acids is 2. The molecule has 7 nitrogen and oxygen atoms in total. The summed E-state index contributed by atoms with van der Waals surface area (Å²) in [6.45, 7) is 6.02. The van der Waals surface area contributed by atoms with Gasteiger partial charge in [0.05, 0.1) is 18.2 Å². The summed E-state index contributed by atoms with van der Waals surface area (Å²) in [6.07, 6.45) is 0.891. The van der Waals surface area contributed by atoms with Crippen molar-refractivity contribution in [3.05, 3.63) is 101 Å². The van der Waals surface area contributed by atoms with Crippen molar-refractivity contribution in [3.8, 4) is 11.5 Å². The topological polar surface area (TPSA) is 79.3 Å². The van der Waals surface area contributed by atoms with Crippen molar-refractivity contribution in [1.82, 2.24) is 9.80 Å². The minimum Gasteiger partial charge on any atom is -0.507 e. The fraction of sp³-hybridized carbons (Fsp3) is 0.312. The van der Waals surface area contributed by atoms with E-state index >= 15 is 0 Å². The zero-order chi connectivity index (χ0) is 27.9. The van der Waals surface area contributed by atoms with E-state index in [1.54, 1.807) is 24.3 Å². The Bertz CT molecular complexity index is 1330. The molecule has 0 aromatic heterocycles. The van der Waals surface area contributed by atoms with E-state index in [2.05, 4.69) is 6.07 Å². The average Bonchev–Trinajstić information content (AvgIpc) is 3.19. The standard InChI is InChI=1S/C32H36N2O5/c1-5-19-38-26-13-9-24(10-14-26)29-28(31(36)32(37)34(29)18-17-33(3)4)30(35)25-11-15-27(16-12-25)39-21-23-8-6-7-22(2)20-23/h6-16,20,29,35H,5,17-19,21H2,1-4H3/b30-28+/t29-/m0/s1. The lowest BCUT2D eigenvalue weighted by molar-refractivity contribution is -0.140. The minimum absolute atomic E-state index is 0.0782. The van der Waals surface area contributed by atoms with E-state index in [-0.39, 0.29) is 11.3 Å². The molecule has 0 radical (unpaired) electrons. The minimum atomic E-state index is -0.706. The predicted octanol–water partition coefficient (Wildman–Crippen LogP) is 5.35. The number of benzene rings is 3. The average molecular weight is 529 g/mol. The second-order valence-corrected chi connectivity index (χ2v) is 10.0. The van der Waals surface area contributed by atoms with Crippen LogP contribution in [-0.4, -0.2) is 60.4 Å². The number of aryl methyl sites for hydroxylation is 1. The molecule has 1 N–H and O–H groups in total. The number of hydrogen-bond acceptors (Lipinski definition) is 6. The lowest BCUT2D eigenvalue weighted by Gasteiger charge is -2.26. The lowest BCUT2D eigenvalue weighted by atomic mass is 9.95. The number of rotatable bonds is 11. The van der Waals surface area contributed by atoms with E-state index in [4.69, 9.17) is 9.47 Å². The Morgan fingerprint density at radius 2 is 1.62 bits per heavy atom. The van der Waals surface area contributed by atoms with Gasteiger partial charge in [-0.2, -0.15) is 0 Å². The maximum absolute atomic E-state index is 13.2. The van der Waals surface area contributed by atoms with E-state index in [0.29, 0.717) is 43.4 Å². The first-order chi connectivity index (χ1) is 18.8. The maximum atomic E-state index is 13.2. The first-order valence-corrected chi connectivity index (χ1v) is 13.2. The zero-order valence-corrected chi connectivity index (χ0v) is 23.0. The first kappa shape index (κ1) is 27.9. The molecule has 4 rings (SSSR count). The second-order valence-electron chi connectivity index (χ2n) is 10.0. The summed E-state index contributed by atoms with van der Waals surface area (Å²) >= 11 is 0. The molecular weight excluding hydrogens is 492 g/mol. The van der Waals surface area contributed by atoms with Crippen LogP contribution in [0.2, 0.25) is 0 Å². The number of nitrogens with zero attached hydrogens (tertiary/aromatic N) is 2. The Kier molecular flexibility index (Phi) is 9.04. The molecule has 0 bridgehead atoms. The number of aliphatic hydroxyl groups is 1. The molecule has 1 atom stereocenters. The van der Waals surface area contributed by atoms with Gasteiger partial charge < -0.3 is 24.4 Å². The molecule has 1 fully saturated rings. The van der Waals surface area contributed by atoms with Crippen molar-refractivity contribution >= 4 is 17.4 Å². The highest BCUT2D eigenvalue weighted by molar-refractivity contribution is 6.46. The molecule has 204 valence electrons. The van der Waals surface area contributed by atoms with Gasteiger partial charge in [0.15, 0.2) is 0 Å². The predicted molar refractivity (Wildman–Crippen MR) is 152 cm³/mol. The SMILES string of the molecule is CCCOc1ccc([C@H]2/C(=C(\O)c3ccc(OCc4cccc(C)c4)cc3)C(=O)C(=O)N2CCN(C)C)cc1. The van der Waals surface area contributed by atoms with Crippen molar-refractivity contribution in [2.24, 2.45) is 0 Å². The number of aliphatic hydroxyl groups excluding tert-OH is 1. The Balaban J connectivity index is 1.63. The number of ketones is 1. The van der Waals surface area contributed by atoms with Gasteiger partial charge in [-0.15, -0.1) is 0 Å². The van der Waals surface area contributed by atoms with Gasteiger partial charge in [-0.05, 0) is 75.0 Å². The van der Waals surface area contributed by atoms with Crippen LogP contribution in [0.4, 0.5) is 0 Å². The first-order valence-electron chi connectivity index (χ1n) is 13.2. The van der Waals surface area contributed by atoms with Crippen molar-refractivity contribution < 1.29 is 24.2 Å². The van der Waals surface area contributed by atoms with Crippen LogP contribution in [0.25, 0.3) is 5.76 Å². The number of likely N-dealkylation sites (tertiary alicyclic amines) is 1. The number of Topliss-reactive ketones (excluding diaryl/α,β-unsaturated/α-hetero) is 1. The van der Waals surface area contributed by atoms with E-state index < -0.39 is 17.7 Å². The highest BCUT2D eigenvalue weighted by Crippen LogP contribution is 2.40. The van der Waals surface area contributed by atoms with Crippen LogP contribution in [0.5, 0.6) is 11.5 Å². The van der Waals surface area contributed by atoms with Gasteiger partial charge in [0.1, 0.15) is 23.9 Å². The summed E-state index contributed by atoms with van der Waals surface area (Å²) in [5.74, 6) is -0.164. The van der Waals surface area contributed by atoms with E-state index in [1.165, 1.54) is 4.90 Å². The number of hydrogen-bond donors (Lipinski definition) is 1. The summed E-state index contributed by atoms with van der Waals surface area (Å²) in [7, 11) is 3.82. The van der Waals surface area contributed by atoms with Gasteiger partial charge in [-0.3, -0.25) is 9.59 Å². The molecule has 1 aliphatic rings. The maximum Gasteiger partial charge on any atom is 0.295 e. The molecule has 1 amide bonds. The van der Waals surface area contributed by atoms with Gasteiger partial charge in [0, 0.05) is 18.7 Å². The number of amides is 1. The fourth-order valence-corrected chi connectivity index (χ4v) is 4.56. The largest absolute Gasteiger partial charge is 0.507 e. The molecule has 0 spiro atoms. The van der Waals surface area contributed by atoms with Crippen molar-refractivity contribution in [3.63, 3.8) is 0 Å². The van der Waals surface area contributed by atoms with Crippen LogP contribution in [0.1, 0.15) is 41.6 Å². The molecule has 39 heavy (non-hydrogen) atoms. The number of ether oxygens (including phenoxy) is 2. The lowest BCUT2D eigenvalue weighted by Crippen LogP contribution is -2.35. The summed E-state index contributed by atoms with van der Waals surface area (Å²) in [5, 5.41) is 11.3.